The zero-order chi connectivity index (χ0) is 15.5. The van der Waals surface area contributed by atoms with Crippen LogP contribution in [-0.2, 0) is 11.3 Å². The molecule has 0 aliphatic heterocycles. The lowest BCUT2D eigenvalue weighted by atomic mass is 10.1. The molecular formula is C17H15BrN2O2. The van der Waals surface area contributed by atoms with Crippen LogP contribution in [0, 0.1) is 0 Å². The van der Waals surface area contributed by atoms with Crippen molar-refractivity contribution in [2.75, 3.05) is 6.61 Å². The van der Waals surface area contributed by atoms with Crippen LogP contribution in [0.25, 0.3) is 11.0 Å². The summed E-state index contributed by atoms with van der Waals surface area (Å²) in [6, 6.07) is 13.5. The summed E-state index contributed by atoms with van der Waals surface area (Å²) in [6.45, 7) is 2.86. The second kappa shape index (κ2) is 6.32. The lowest BCUT2D eigenvalue weighted by Crippen LogP contribution is -2.06. The monoisotopic (exact) mass is 358 g/mol. The molecule has 0 fully saturated rings. The summed E-state index contributed by atoms with van der Waals surface area (Å²) in [5.41, 5.74) is 3.69. The van der Waals surface area contributed by atoms with Gasteiger partial charge in [-0.15, -0.1) is 0 Å². The van der Waals surface area contributed by atoms with Gasteiger partial charge in [0.05, 0.1) is 36.1 Å². The summed E-state index contributed by atoms with van der Waals surface area (Å²) < 4.78 is 7.98. The van der Waals surface area contributed by atoms with Gasteiger partial charge in [-0.1, -0.05) is 34.1 Å². The van der Waals surface area contributed by atoms with Crippen molar-refractivity contribution < 1.29 is 9.53 Å². The van der Waals surface area contributed by atoms with E-state index in [1.165, 1.54) is 0 Å². The fourth-order valence-electron chi connectivity index (χ4n) is 2.34. The highest BCUT2D eigenvalue weighted by molar-refractivity contribution is 9.10. The maximum atomic E-state index is 11.7. The van der Waals surface area contributed by atoms with Gasteiger partial charge in [0, 0.05) is 4.47 Å². The second-order valence-electron chi connectivity index (χ2n) is 4.89. The normalized spacial score (nSPS) is 10.8. The van der Waals surface area contributed by atoms with E-state index in [2.05, 4.69) is 25.5 Å². The average molecular weight is 359 g/mol. The quantitative estimate of drug-likeness (QED) is 0.661. The number of halogens is 1. The molecule has 0 bridgehead atoms. The number of para-hydroxylation sites is 2. The second-order valence-corrected chi connectivity index (χ2v) is 5.74. The molecule has 0 saturated carbocycles. The zero-order valence-corrected chi connectivity index (χ0v) is 13.7. The van der Waals surface area contributed by atoms with E-state index in [1.807, 2.05) is 36.7 Å². The molecule has 0 N–H and O–H groups in total. The number of rotatable bonds is 4. The van der Waals surface area contributed by atoms with Crippen LogP contribution in [0.2, 0.25) is 0 Å². The lowest BCUT2D eigenvalue weighted by Gasteiger charge is -2.09. The first-order valence-corrected chi connectivity index (χ1v) is 7.83. The van der Waals surface area contributed by atoms with Crippen molar-refractivity contribution in [3.63, 3.8) is 0 Å². The summed E-state index contributed by atoms with van der Waals surface area (Å²) in [5.74, 6) is -0.303. The van der Waals surface area contributed by atoms with E-state index >= 15 is 0 Å². The van der Waals surface area contributed by atoms with E-state index in [-0.39, 0.29) is 5.97 Å². The minimum atomic E-state index is -0.303. The Morgan fingerprint density at radius 1 is 1.27 bits per heavy atom. The molecule has 1 heterocycles. The van der Waals surface area contributed by atoms with Gasteiger partial charge < -0.3 is 9.30 Å². The SMILES string of the molecule is CCOC(=O)c1ccc(Cn2cnc3ccccc32)c(Br)c1. The van der Waals surface area contributed by atoms with E-state index < -0.39 is 0 Å². The highest BCUT2D eigenvalue weighted by atomic mass is 79.9. The van der Waals surface area contributed by atoms with Crippen LogP contribution in [0.4, 0.5) is 0 Å². The highest BCUT2D eigenvalue weighted by Crippen LogP contribution is 2.22. The summed E-state index contributed by atoms with van der Waals surface area (Å²) in [5, 5.41) is 0. The van der Waals surface area contributed by atoms with Gasteiger partial charge in [-0.25, -0.2) is 9.78 Å². The Bertz CT molecular complexity index is 826. The van der Waals surface area contributed by atoms with Crippen LogP contribution < -0.4 is 0 Å². The van der Waals surface area contributed by atoms with Gasteiger partial charge in [-0.05, 0) is 36.8 Å². The molecule has 0 spiro atoms. The molecule has 3 rings (SSSR count). The summed E-state index contributed by atoms with van der Waals surface area (Å²) in [4.78, 5) is 16.1. The molecule has 4 nitrogen and oxygen atoms in total. The van der Waals surface area contributed by atoms with Gasteiger partial charge in [0.1, 0.15) is 0 Å². The van der Waals surface area contributed by atoms with Crippen molar-refractivity contribution in [1.29, 1.82) is 0 Å². The lowest BCUT2D eigenvalue weighted by molar-refractivity contribution is 0.0526. The molecule has 5 heteroatoms. The molecule has 0 atom stereocenters. The molecule has 22 heavy (non-hydrogen) atoms. The minimum Gasteiger partial charge on any atom is -0.462 e. The first kappa shape index (κ1) is 14.8. The molecular weight excluding hydrogens is 344 g/mol. The summed E-state index contributed by atoms with van der Waals surface area (Å²) in [7, 11) is 0. The number of carbonyl (C=O) groups is 1. The fraction of sp³-hybridized carbons (Fsp3) is 0.176. The number of nitrogens with zero attached hydrogens (tertiary/aromatic N) is 2. The summed E-state index contributed by atoms with van der Waals surface area (Å²) in [6.07, 6.45) is 1.83. The molecule has 3 aromatic rings. The van der Waals surface area contributed by atoms with Crippen LogP contribution in [0.5, 0.6) is 0 Å². The van der Waals surface area contributed by atoms with Gasteiger partial charge >= 0.3 is 5.97 Å². The maximum absolute atomic E-state index is 11.7. The maximum Gasteiger partial charge on any atom is 0.338 e. The van der Waals surface area contributed by atoms with Crippen LogP contribution in [-0.4, -0.2) is 22.1 Å². The average Bonchev–Trinajstić information content (AvgIpc) is 2.93. The molecule has 0 amide bonds. The topological polar surface area (TPSA) is 44.1 Å². The van der Waals surface area contributed by atoms with E-state index in [0.717, 1.165) is 21.1 Å². The number of aromatic nitrogens is 2. The molecule has 0 unspecified atom stereocenters. The molecule has 0 aliphatic carbocycles. The first-order chi connectivity index (χ1) is 10.7. The predicted octanol–water partition coefficient (Wildman–Crippen LogP) is 4.02. The molecule has 0 saturated heterocycles. The number of hydrogen-bond acceptors (Lipinski definition) is 3. The Labute approximate surface area is 136 Å². The Hall–Kier alpha value is -2.14. The van der Waals surface area contributed by atoms with E-state index in [1.54, 1.807) is 19.1 Å². The number of benzene rings is 2. The highest BCUT2D eigenvalue weighted by Gasteiger charge is 2.10. The van der Waals surface area contributed by atoms with Gasteiger partial charge in [-0.3, -0.25) is 0 Å². The zero-order valence-electron chi connectivity index (χ0n) is 12.1. The number of fused-ring (bicyclic) bond motifs is 1. The standard InChI is InChI=1S/C17H15BrN2O2/c1-2-22-17(21)12-7-8-13(14(18)9-12)10-20-11-19-15-5-3-4-6-16(15)20/h3-9,11H,2,10H2,1H3. The third-order valence-corrected chi connectivity index (χ3v) is 4.17. The summed E-state index contributed by atoms with van der Waals surface area (Å²) >= 11 is 3.53. The van der Waals surface area contributed by atoms with Crippen molar-refractivity contribution >= 4 is 32.9 Å². The number of carbonyl (C=O) groups excluding carboxylic acids is 1. The Balaban J connectivity index is 1.88. The van der Waals surface area contributed by atoms with Crippen molar-refractivity contribution in [1.82, 2.24) is 9.55 Å². The Morgan fingerprint density at radius 2 is 2.09 bits per heavy atom. The number of ether oxygens (including phenoxy) is 1. The molecule has 0 radical (unpaired) electrons. The van der Waals surface area contributed by atoms with Crippen LogP contribution in [0.15, 0.2) is 53.3 Å². The number of esters is 1. The van der Waals surface area contributed by atoms with E-state index in [4.69, 9.17) is 4.74 Å². The minimum absolute atomic E-state index is 0.303. The van der Waals surface area contributed by atoms with Crippen molar-refractivity contribution in [3.8, 4) is 0 Å². The molecule has 2 aromatic carbocycles. The number of hydrogen-bond donors (Lipinski definition) is 0. The van der Waals surface area contributed by atoms with Crippen LogP contribution in [0.1, 0.15) is 22.8 Å². The van der Waals surface area contributed by atoms with Crippen LogP contribution in [0.3, 0.4) is 0 Å². The van der Waals surface area contributed by atoms with Gasteiger partial charge in [0.2, 0.25) is 0 Å². The van der Waals surface area contributed by atoms with E-state index in [9.17, 15) is 4.79 Å². The third kappa shape index (κ3) is 2.90. The van der Waals surface area contributed by atoms with Crippen molar-refractivity contribution in [3.05, 3.63) is 64.4 Å². The van der Waals surface area contributed by atoms with Gasteiger partial charge in [-0.2, -0.15) is 0 Å². The number of imidazole rings is 1. The smallest absolute Gasteiger partial charge is 0.338 e. The Kier molecular flexibility index (Phi) is 4.24. The van der Waals surface area contributed by atoms with Gasteiger partial charge in [0.25, 0.3) is 0 Å². The van der Waals surface area contributed by atoms with Gasteiger partial charge in [0.15, 0.2) is 0 Å². The Morgan fingerprint density at radius 3 is 2.86 bits per heavy atom. The molecule has 1 aromatic heterocycles. The third-order valence-electron chi connectivity index (χ3n) is 3.43. The fourth-order valence-corrected chi connectivity index (χ4v) is 2.84. The molecule has 112 valence electrons. The van der Waals surface area contributed by atoms with Crippen molar-refractivity contribution in [2.24, 2.45) is 0 Å². The van der Waals surface area contributed by atoms with Crippen LogP contribution >= 0.6 is 15.9 Å². The molecule has 0 aliphatic rings. The van der Waals surface area contributed by atoms with E-state index in [0.29, 0.717) is 18.7 Å². The largest absolute Gasteiger partial charge is 0.462 e. The van der Waals surface area contributed by atoms with Crippen molar-refractivity contribution in [2.45, 2.75) is 13.5 Å². The first-order valence-electron chi connectivity index (χ1n) is 7.04. The predicted molar refractivity (Wildman–Crippen MR) is 88.9 cm³/mol.